The fourth-order valence-corrected chi connectivity index (χ4v) is 3.33. The van der Waals surface area contributed by atoms with Crippen LogP contribution in [0.15, 0.2) is 25.2 Å². The van der Waals surface area contributed by atoms with Crippen LogP contribution in [0, 0.1) is 5.92 Å². The van der Waals surface area contributed by atoms with Crippen LogP contribution in [0.3, 0.4) is 0 Å². The first-order valence-electron chi connectivity index (χ1n) is 7.45. The molecule has 1 heterocycles. The highest BCUT2D eigenvalue weighted by Crippen LogP contribution is 2.33. The minimum atomic E-state index is 0.511. The van der Waals surface area contributed by atoms with Crippen molar-refractivity contribution >= 4 is 37.9 Å². The Morgan fingerprint density at radius 3 is 2.60 bits per heavy atom. The third-order valence-corrected chi connectivity index (χ3v) is 5.55. The maximum absolute atomic E-state index is 5.71. The van der Waals surface area contributed by atoms with E-state index in [1.807, 2.05) is 6.07 Å². The summed E-state index contributed by atoms with van der Waals surface area (Å²) >= 11 is 6.88. The molecule has 0 bridgehead atoms. The second-order valence-corrected chi connectivity index (χ2v) is 7.43. The summed E-state index contributed by atoms with van der Waals surface area (Å²) in [7, 11) is 0. The van der Waals surface area contributed by atoms with E-state index in [4.69, 9.17) is 4.42 Å². The van der Waals surface area contributed by atoms with Crippen molar-refractivity contribution < 1.29 is 4.42 Å². The van der Waals surface area contributed by atoms with E-state index >= 15 is 0 Å². The van der Waals surface area contributed by atoms with Gasteiger partial charge in [-0.25, -0.2) is 0 Å². The molecule has 1 aromatic rings. The lowest BCUT2D eigenvalue weighted by molar-refractivity contribution is 0.393. The molecule has 0 atom stereocenters. The molecule has 1 saturated carbocycles. The first-order valence-corrected chi connectivity index (χ1v) is 9.03. The zero-order valence-corrected chi connectivity index (χ0v) is 15.4. The van der Waals surface area contributed by atoms with E-state index in [9.17, 15) is 0 Å². The van der Waals surface area contributed by atoms with Gasteiger partial charge in [-0.05, 0) is 68.3 Å². The van der Waals surface area contributed by atoms with Gasteiger partial charge in [-0.1, -0.05) is 33.1 Å². The SMILES string of the molecule is CC(C)NCC(=Cc1cc(Br)c(Br)o1)C1CCCCC1. The van der Waals surface area contributed by atoms with Gasteiger partial charge in [0.05, 0.1) is 4.47 Å². The molecule has 0 radical (unpaired) electrons. The first kappa shape index (κ1) is 16.3. The summed E-state index contributed by atoms with van der Waals surface area (Å²) in [6.45, 7) is 5.34. The van der Waals surface area contributed by atoms with Crippen LogP contribution in [0.4, 0.5) is 0 Å². The zero-order valence-electron chi connectivity index (χ0n) is 12.2. The van der Waals surface area contributed by atoms with Crippen LogP contribution in [-0.2, 0) is 0 Å². The molecule has 1 N–H and O–H groups in total. The third-order valence-electron chi connectivity index (χ3n) is 3.84. The monoisotopic (exact) mass is 403 g/mol. The summed E-state index contributed by atoms with van der Waals surface area (Å²) in [5.74, 6) is 1.63. The topological polar surface area (TPSA) is 25.2 Å². The van der Waals surface area contributed by atoms with E-state index in [0.29, 0.717) is 12.0 Å². The number of halogens is 2. The van der Waals surface area contributed by atoms with Crippen LogP contribution in [0.2, 0.25) is 0 Å². The van der Waals surface area contributed by atoms with Crippen molar-refractivity contribution in [1.82, 2.24) is 5.32 Å². The second-order valence-electron chi connectivity index (χ2n) is 5.86. The maximum atomic E-state index is 5.71. The van der Waals surface area contributed by atoms with Gasteiger partial charge in [-0.3, -0.25) is 0 Å². The second kappa shape index (κ2) is 7.81. The van der Waals surface area contributed by atoms with Crippen molar-refractivity contribution in [3.8, 4) is 0 Å². The van der Waals surface area contributed by atoms with E-state index < -0.39 is 0 Å². The molecule has 0 spiro atoms. The lowest BCUT2D eigenvalue weighted by Gasteiger charge is -2.25. The quantitative estimate of drug-likeness (QED) is 0.674. The number of hydrogen-bond acceptors (Lipinski definition) is 2. The van der Waals surface area contributed by atoms with Crippen LogP contribution < -0.4 is 5.32 Å². The van der Waals surface area contributed by atoms with Gasteiger partial charge in [-0.2, -0.15) is 0 Å². The molecule has 0 aliphatic heterocycles. The Balaban J connectivity index is 2.15. The minimum Gasteiger partial charge on any atom is -0.449 e. The van der Waals surface area contributed by atoms with Crippen molar-refractivity contribution in [2.45, 2.75) is 52.0 Å². The average Bonchev–Trinajstić information content (AvgIpc) is 2.74. The Bertz CT molecular complexity index is 440. The van der Waals surface area contributed by atoms with Gasteiger partial charge >= 0.3 is 0 Å². The minimum absolute atomic E-state index is 0.511. The van der Waals surface area contributed by atoms with E-state index in [1.54, 1.807) is 0 Å². The summed E-state index contributed by atoms with van der Waals surface area (Å²) in [5.41, 5.74) is 1.48. The molecule has 2 rings (SSSR count). The van der Waals surface area contributed by atoms with Crippen molar-refractivity contribution in [2.24, 2.45) is 5.92 Å². The molecule has 1 aliphatic carbocycles. The molecule has 112 valence electrons. The van der Waals surface area contributed by atoms with E-state index in [1.165, 1.54) is 37.7 Å². The first-order chi connectivity index (χ1) is 9.56. The molecule has 0 aromatic carbocycles. The van der Waals surface area contributed by atoms with Gasteiger partial charge in [0.15, 0.2) is 4.67 Å². The predicted molar refractivity (Wildman–Crippen MR) is 91.8 cm³/mol. The van der Waals surface area contributed by atoms with Crippen molar-refractivity contribution in [2.75, 3.05) is 6.54 Å². The zero-order chi connectivity index (χ0) is 14.5. The summed E-state index contributed by atoms with van der Waals surface area (Å²) in [5, 5.41) is 3.55. The summed E-state index contributed by atoms with van der Waals surface area (Å²) in [4.78, 5) is 0. The number of rotatable bonds is 5. The summed E-state index contributed by atoms with van der Waals surface area (Å²) in [6.07, 6.45) is 8.95. The Morgan fingerprint density at radius 2 is 2.05 bits per heavy atom. The van der Waals surface area contributed by atoms with E-state index in [-0.39, 0.29) is 0 Å². The molecular weight excluding hydrogens is 382 g/mol. The standard InChI is InChI=1S/C16H23Br2NO/c1-11(2)19-10-13(12-6-4-3-5-7-12)8-14-9-15(17)16(18)20-14/h8-9,11-12,19H,3-7,10H2,1-2H3. The average molecular weight is 405 g/mol. The summed E-state index contributed by atoms with van der Waals surface area (Å²) < 4.78 is 7.45. The molecule has 0 unspecified atom stereocenters. The molecular formula is C16H23Br2NO. The van der Waals surface area contributed by atoms with Crippen molar-refractivity contribution in [3.63, 3.8) is 0 Å². The lowest BCUT2D eigenvalue weighted by atomic mass is 9.83. The van der Waals surface area contributed by atoms with Crippen molar-refractivity contribution in [3.05, 3.63) is 26.5 Å². The molecule has 1 aliphatic rings. The van der Waals surface area contributed by atoms with Crippen LogP contribution in [0.25, 0.3) is 6.08 Å². The van der Waals surface area contributed by atoms with E-state index in [0.717, 1.165) is 21.4 Å². The Hall–Kier alpha value is -0.0600. The highest BCUT2D eigenvalue weighted by Gasteiger charge is 2.18. The molecule has 1 aromatic heterocycles. The number of hydrogen-bond donors (Lipinski definition) is 1. The van der Waals surface area contributed by atoms with Crippen LogP contribution in [0.5, 0.6) is 0 Å². The van der Waals surface area contributed by atoms with Gasteiger partial charge in [0.25, 0.3) is 0 Å². The number of nitrogens with one attached hydrogen (secondary N) is 1. The van der Waals surface area contributed by atoms with Gasteiger partial charge in [0.2, 0.25) is 0 Å². The maximum Gasteiger partial charge on any atom is 0.184 e. The lowest BCUT2D eigenvalue weighted by Crippen LogP contribution is -2.27. The fraction of sp³-hybridized carbons (Fsp3) is 0.625. The van der Waals surface area contributed by atoms with Crippen molar-refractivity contribution in [1.29, 1.82) is 0 Å². The highest BCUT2D eigenvalue weighted by molar-refractivity contribution is 9.13. The Labute approximate surface area is 138 Å². The Morgan fingerprint density at radius 1 is 1.35 bits per heavy atom. The van der Waals surface area contributed by atoms with Crippen LogP contribution in [-0.4, -0.2) is 12.6 Å². The summed E-state index contributed by atoms with van der Waals surface area (Å²) in [6, 6.07) is 2.54. The normalized spacial score (nSPS) is 17.9. The van der Waals surface area contributed by atoms with Gasteiger partial charge in [-0.15, -0.1) is 0 Å². The van der Waals surface area contributed by atoms with Gasteiger partial charge in [0, 0.05) is 12.6 Å². The molecule has 1 fully saturated rings. The van der Waals surface area contributed by atoms with E-state index in [2.05, 4.69) is 57.1 Å². The Kier molecular flexibility index (Phi) is 6.37. The largest absolute Gasteiger partial charge is 0.449 e. The number of furan rings is 1. The predicted octanol–water partition coefficient (Wildman–Crippen LogP) is 5.77. The molecule has 20 heavy (non-hydrogen) atoms. The molecule has 0 saturated heterocycles. The van der Waals surface area contributed by atoms with Crippen LogP contribution >= 0.6 is 31.9 Å². The molecule has 4 heteroatoms. The highest BCUT2D eigenvalue weighted by atomic mass is 79.9. The molecule has 2 nitrogen and oxygen atoms in total. The van der Waals surface area contributed by atoms with Crippen LogP contribution in [0.1, 0.15) is 51.7 Å². The third kappa shape index (κ3) is 4.74. The van der Waals surface area contributed by atoms with Gasteiger partial charge < -0.3 is 9.73 Å². The smallest absolute Gasteiger partial charge is 0.184 e. The molecule has 0 amide bonds. The fourth-order valence-electron chi connectivity index (χ4n) is 2.73. The van der Waals surface area contributed by atoms with Gasteiger partial charge in [0.1, 0.15) is 5.76 Å².